The zero-order chi connectivity index (χ0) is 22.9. The molecule has 2 fully saturated rings. The zero-order valence-electron chi connectivity index (χ0n) is 17.9. The fourth-order valence-corrected chi connectivity index (χ4v) is 5.06. The van der Waals surface area contributed by atoms with Crippen molar-refractivity contribution in [1.82, 2.24) is 4.90 Å². The molecule has 2 aromatic carbocycles. The maximum absolute atomic E-state index is 13.1. The first-order chi connectivity index (χ1) is 15.2. The van der Waals surface area contributed by atoms with Gasteiger partial charge >= 0.3 is 12.3 Å². The fourth-order valence-electron chi connectivity index (χ4n) is 5.06. The van der Waals surface area contributed by atoms with Crippen molar-refractivity contribution < 1.29 is 27.5 Å². The van der Waals surface area contributed by atoms with Gasteiger partial charge in [0, 0.05) is 23.6 Å². The third-order valence-corrected chi connectivity index (χ3v) is 6.58. The number of benzene rings is 2. The van der Waals surface area contributed by atoms with Gasteiger partial charge in [0.25, 0.3) is 0 Å². The molecule has 0 radical (unpaired) electrons. The lowest BCUT2D eigenvalue weighted by Gasteiger charge is -2.47. The van der Waals surface area contributed by atoms with Gasteiger partial charge in [0.2, 0.25) is 0 Å². The quantitative estimate of drug-likeness (QED) is 0.529. The highest BCUT2D eigenvalue weighted by atomic mass is 19.4. The van der Waals surface area contributed by atoms with Crippen LogP contribution in [0.4, 0.5) is 18.0 Å². The van der Waals surface area contributed by atoms with E-state index in [1.54, 1.807) is 4.90 Å². The second-order valence-electron chi connectivity index (χ2n) is 8.75. The first kappa shape index (κ1) is 22.4. The molecule has 2 bridgehead atoms. The molecular weight excluding hydrogens is 419 g/mol. The van der Waals surface area contributed by atoms with Gasteiger partial charge in [-0.25, -0.2) is 4.79 Å². The largest absolute Gasteiger partial charge is 0.445 e. The van der Waals surface area contributed by atoms with Crippen molar-refractivity contribution in [3.63, 3.8) is 0 Å². The molecule has 2 aliphatic heterocycles. The Morgan fingerprint density at radius 3 is 2.28 bits per heavy atom. The topological polar surface area (TPSA) is 46.6 Å². The van der Waals surface area contributed by atoms with Crippen LogP contribution in [-0.2, 0) is 17.5 Å². The summed E-state index contributed by atoms with van der Waals surface area (Å²) < 4.78 is 44.7. The molecule has 0 N–H and O–H groups in total. The standard InChI is InChI=1S/C25H26F3NO3/c1-16-12-18(10-11-22(16)25(26,27)28)23(30)19-13-20-8-5-9-21(14-19)29(20)24(31)32-15-17-6-3-2-4-7-17/h2-4,6-7,10-12,19-21H,5,8-9,13-15H2,1H3. The molecular formula is C25H26F3NO3. The van der Waals surface area contributed by atoms with Crippen LogP contribution in [0.15, 0.2) is 48.5 Å². The predicted molar refractivity (Wildman–Crippen MR) is 113 cm³/mol. The number of fused-ring (bicyclic) bond motifs is 2. The van der Waals surface area contributed by atoms with Crippen molar-refractivity contribution in [3.05, 3.63) is 70.8 Å². The molecule has 0 aliphatic carbocycles. The Labute approximate surface area is 185 Å². The summed E-state index contributed by atoms with van der Waals surface area (Å²) in [4.78, 5) is 27.7. The Morgan fingerprint density at radius 2 is 1.69 bits per heavy atom. The van der Waals surface area contributed by atoms with Crippen molar-refractivity contribution in [2.75, 3.05) is 0 Å². The molecule has 2 aromatic rings. The van der Waals surface area contributed by atoms with Gasteiger partial charge in [0.1, 0.15) is 6.61 Å². The molecule has 32 heavy (non-hydrogen) atoms. The molecule has 2 atom stereocenters. The van der Waals surface area contributed by atoms with Gasteiger partial charge in [-0.1, -0.05) is 36.4 Å². The summed E-state index contributed by atoms with van der Waals surface area (Å²) in [5.41, 5.74) is 0.541. The van der Waals surface area contributed by atoms with Gasteiger partial charge in [-0.2, -0.15) is 13.2 Å². The minimum atomic E-state index is -4.44. The van der Waals surface area contributed by atoms with E-state index in [-0.39, 0.29) is 42.0 Å². The highest BCUT2D eigenvalue weighted by molar-refractivity contribution is 5.98. The molecule has 2 heterocycles. The highest BCUT2D eigenvalue weighted by Crippen LogP contribution is 2.39. The maximum atomic E-state index is 13.1. The van der Waals surface area contributed by atoms with Gasteiger partial charge < -0.3 is 9.64 Å². The first-order valence-electron chi connectivity index (χ1n) is 10.9. The van der Waals surface area contributed by atoms with E-state index in [4.69, 9.17) is 4.74 Å². The summed E-state index contributed by atoms with van der Waals surface area (Å²) in [6.45, 7) is 1.57. The van der Waals surface area contributed by atoms with Crippen molar-refractivity contribution in [2.45, 2.75) is 63.9 Å². The van der Waals surface area contributed by atoms with E-state index in [2.05, 4.69) is 0 Å². The van der Waals surface area contributed by atoms with Gasteiger partial charge in [-0.3, -0.25) is 4.79 Å². The van der Waals surface area contributed by atoms with Crippen LogP contribution in [0.3, 0.4) is 0 Å². The van der Waals surface area contributed by atoms with Crippen LogP contribution >= 0.6 is 0 Å². The monoisotopic (exact) mass is 445 g/mol. The number of alkyl halides is 3. The Kier molecular flexibility index (Phi) is 6.26. The summed E-state index contributed by atoms with van der Waals surface area (Å²) in [7, 11) is 0. The van der Waals surface area contributed by atoms with Crippen LogP contribution in [0.2, 0.25) is 0 Å². The number of Topliss-reactive ketones (excluding diaryl/α,β-unsaturated/α-hetero) is 1. The number of piperidine rings is 2. The van der Waals surface area contributed by atoms with Gasteiger partial charge in [-0.05, 0) is 62.3 Å². The van der Waals surface area contributed by atoms with Crippen molar-refractivity contribution in [3.8, 4) is 0 Å². The SMILES string of the molecule is Cc1cc(C(=O)C2CC3CCCC(C2)N3C(=O)OCc2ccccc2)ccc1C(F)(F)F. The average Bonchev–Trinajstić information content (AvgIpc) is 2.75. The molecule has 7 heteroatoms. The van der Waals surface area contributed by atoms with Crippen molar-refractivity contribution in [1.29, 1.82) is 0 Å². The third-order valence-electron chi connectivity index (χ3n) is 6.58. The minimum Gasteiger partial charge on any atom is -0.445 e. The van der Waals surface area contributed by atoms with Crippen molar-refractivity contribution in [2.24, 2.45) is 5.92 Å². The third kappa shape index (κ3) is 4.66. The van der Waals surface area contributed by atoms with Crippen LogP contribution in [0.1, 0.15) is 59.2 Å². The molecule has 0 aromatic heterocycles. The molecule has 4 nitrogen and oxygen atoms in total. The van der Waals surface area contributed by atoms with Crippen LogP contribution in [-0.4, -0.2) is 28.9 Å². The predicted octanol–water partition coefficient (Wildman–Crippen LogP) is 6.17. The van der Waals surface area contributed by atoms with Crippen LogP contribution in [0, 0.1) is 12.8 Å². The lowest BCUT2D eigenvalue weighted by Crippen LogP contribution is -2.55. The summed E-state index contributed by atoms with van der Waals surface area (Å²) >= 11 is 0. The molecule has 1 amide bonds. The summed E-state index contributed by atoms with van der Waals surface area (Å²) in [5, 5.41) is 0. The molecule has 2 aliphatic rings. The van der Waals surface area contributed by atoms with E-state index >= 15 is 0 Å². The lowest BCUT2D eigenvalue weighted by molar-refractivity contribution is -0.138. The fraction of sp³-hybridized carbons (Fsp3) is 0.440. The van der Waals surface area contributed by atoms with Crippen molar-refractivity contribution >= 4 is 11.9 Å². The van der Waals surface area contributed by atoms with Gasteiger partial charge in [0.15, 0.2) is 5.78 Å². The summed E-state index contributed by atoms with van der Waals surface area (Å²) in [6, 6.07) is 12.9. The Bertz CT molecular complexity index is 976. The second kappa shape index (κ2) is 8.96. The maximum Gasteiger partial charge on any atom is 0.416 e. The van der Waals surface area contributed by atoms with E-state index in [1.165, 1.54) is 19.1 Å². The van der Waals surface area contributed by atoms with Crippen LogP contribution in [0.25, 0.3) is 0 Å². The molecule has 0 saturated carbocycles. The number of aryl methyl sites for hydroxylation is 1. The Hall–Kier alpha value is -2.83. The number of carbonyl (C=O) groups excluding carboxylic acids is 2. The van der Waals surface area contributed by atoms with E-state index in [1.807, 2.05) is 30.3 Å². The smallest absolute Gasteiger partial charge is 0.416 e. The van der Waals surface area contributed by atoms with Crippen LogP contribution in [0.5, 0.6) is 0 Å². The van der Waals surface area contributed by atoms with E-state index in [0.29, 0.717) is 18.4 Å². The number of ether oxygens (including phenoxy) is 1. The lowest BCUT2D eigenvalue weighted by atomic mass is 9.75. The Morgan fingerprint density at radius 1 is 1.03 bits per heavy atom. The van der Waals surface area contributed by atoms with Gasteiger partial charge in [-0.15, -0.1) is 0 Å². The van der Waals surface area contributed by atoms with Crippen LogP contribution < -0.4 is 0 Å². The first-order valence-corrected chi connectivity index (χ1v) is 10.9. The zero-order valence-corrected chi connectivity index (χ0v) is 17.9. The summed E-state index contributed by atoms with van der Waals surface area (Å²) in [5.74, 6) is -0.448. The van der Waals surface area contributed by atoms with Gasteiger partial charge in [0.05, 0.1) is 5.56 Å². The second-order valence-corrected chi connectivity index (χ2v) is 8.75. The number of rotatable bonds is 4. The number of halogens is 3. The molecule has 170 valence electrons. The van der Waals surface area contributed by atoms with E-state index in [0.717, 1.165) is 30.9 Å². The molecule has 0 spiro atoms. The molecule has 2 unspecified atom stereocenters. The number of ketones is 1. The average molecular weight is 445 g/mol. The molecule has 4 rings (SSSR count). The summed E-state index contributed by atoms with van der Waals surface area (Å²) in [6.07, 6.45) is -1.20. The number of nitrogens with zero attached hydrogens (tertiary/aromatic N) is 1. The minimum absolute atomic E-state index is 0.0467. The van der Waals surface area contributed by atoms with E-state index < -0.39 is 11.7 Å². The number of hydrogen-bond acceptors (Lipinski definition) is 3. The highest BCUT2D eigenvalue weighted by Gasteiger charge is 2.44. The normalized spacial score (nSPS) is 23.0. The number of amides is 1. The van der Waals surface area contributed by atoms with E-state index in [9.17, 15) is 22.8 Å². The number of hydrogen-bond donors (Lipinski definition) is 0. The molecule has 2 saturated heterocycles. The Balaban J connectivity index is 1.44. The number of carbonyl (C=O) groups is 2.